The van der Waals surface area contributed by atoms with Crippen LogP contribution in [0.1, 0.15) is 43.7 Å². The van der Waals surface area contributed by atoms with Crippen molar-refractivity contribution in [2.24, 2.45) is 0 Å². The lowest BCUT2D eigenvalue weighted by Crippen LogP contribution is -2.23. The Morgan fingerprint density at radius 2 is 1.86 bits per heavy atom. The van der Waals surface area contributed by atoms with E-state index in [1.165, 1.54) is 32.1 Å². The minimum absolute atomic E-state index is 0.282. The predicted octanol–water partition coefficient (Wildman–Crippen LogP) is 5.05. The summed E-state index contributed by atoms with van der Waals surface area (Å²) in [6.07, 6.45) is 17.3. The highest BCUT2D eigenvalue weighted by Crippen LogP contribution is 2.32. The summed E-state index contributed by atoms with van der Waals surface area (Å²) in [6.45, 7) is 0. The van der Waals surface area contributed by atoms with Crippen molar-refractivity contribution in [1.82, 2.24) is 9.38 Å². The van der Waals surface area contributed by atoms with Crippen LogP contribution in [0.4, 0.5) is 5.82 Å². The van der Waals surface area contributed by atoms with Gasteiger partial charge in [-0.25, -0.2) is 4.98 Å². The largest absolute Gasteiger partial charge is 0.367 e. The van der Waals surface area contributed by atoms with Gasteiger partial charge in [-0.3, -0.25) is 4.40 Å². The molecule has 4 heteroatoms. The van der Waals surface area contributed by atoms with Crippen LogP contribution < -0.4 is 5.32 Å². The Balaban J connectivity index is 1.77. The number of nitrogens with one attached hydrogen (secondary N) is 1. The third kappa shape index (κ3) is 2.60. The second-order valence-corrected chi connectivity index (χ2v) is 7.11. The molecule has 1 N–H and O–H groups in total. The van der Waals surface area contributed by atoms with Gasteiger partial charge in [0.2, 0.25) is 0 Å². The molecule has 0 amide bonds. The zero-order valence-electron chi connectivity index (χ0n) is 12.5. The van der Waals surface area contributed by atoms with Gasteiger partial charge in [0, 0.05) is 22.6 Å². The molecular weight excluding hydrogens is 338 g/mol. The maximum atomic E-state index is 4.88. The lowest BCUT2D eigenvalue weighted by Gasteiger charge is -2.24. The van der Waals surface area contributed by atoms with Crippen LogP contribution in [0.3, 0.4) is 0 Å². The monoisotopic (exact) mass is 357 g/mol. The molecule has 0 aliphatic heterocycles. The van der Waals surface area contributed by atoms with E-state index in [0.717, 1.165) is 21.6 Å². The number of aromatic nitrogens is 2. The van der Waals surface area contributed by atoms with Crippen LogP contribution in [-0.4, -0.2) is 15.4 Å². The van der Waals surface area contributed by atoms with Gasteiger partial charge in [0.05, 0.1) is 5.69 Å². The molecule has 1 saturated carbocycles. The Morgan fingerprint density at radius 1 is 1.09 bits per heavy atom. The molecule has 0 atom stereocenters. The van der Waals surface area contributed by atoms with E-state index in [1.807, 2.05) is 0 Å². The fourth-order valence-corrected chi connectivity index (χ4v) is 3.80. The first kappa shape index (κ1) is 14.1. The fourth-order valence-electron chi connectivity index (χ4n) is 3.47. The Morgan fingerprint density at radius 3 is 2.64 bits per heavy atom. The number of pyridine rings is 1. The van der Waals surface area contributed by atoms with E-state index >= 15 is 0 Å². The molecule has 1 fully saturated rings. The van der Waals surface area contributed by atoms with Gasteiger partial charge in [-0.15, -0.1) is 0 Å². The molecular formula is C18H20BrN3. The van der Waals surface area contributed by atoms with Gasteiger partial charge in [0.15, 0.2) is 0 Å². The van der Waals surface area contributed by atoms with Gasteiger partial charge >= 0.3 is 0 Å². The van der Waals surface area contributed by atoms with Gasteiger partial charge in [-0.1, -0.05) is 43.6 Å². The smallest absolute Gasteiger partial charge is 0.138 e. The molecule has 2 aromatic rings. The second-order valence-electron chi connectivity index (χ2n) is 6.20. The van der Waals surface area contributed by atoms with Gasteiger partial charge in [0.25, 0.3) is 0 Å². The first-order valence-corrected chi connectivity index (χ1v) is 8.89. The highest BCUT2D eigenvalue weighted by atomic mass is 79.9. The first-order valence-electron chi connectivity index (χ1n) is 8.10. The van der Waals surface area contributed by atoms with Crippen molar-refractivity contribution in [2.45, 2.75) is 44.1 Å². The highest BCUT2D eigenvalue weighted by molar-refractivity contribution is 9.10. The van der Waals surface area contributed by atoms with E-state index in [2.05, 4.69) is 68.3 Å². The van der Waals surface area contributed by atoms with Crippen LogP contribution in [-0.2, 0) is 0 Å². The van der Waals surface area contributed by atoms with E-state index in [4.69, 9.17) is 4.98 Å². The van der Waals surface area contributed by atoms with Gasteiger partial charge in [0.1, 0.15) is 11.5 Å². The number of hydrogen-bond donors (Lipinski definition) is 1. The van der Waals surface area contributed by atoms with Crippen molar-refractivity contribution < 1.29 is 0 Å². The van der Waals surface area contributed by atoms with E-state index in [1.54, 1.807) is 0 Å². The second kappa shape index (κ2) is 5.92. The van der Waals surface area contributed by atoms with E-state index in [-0.39, 0.29) is 5.92 Å². The molecule has 0 bridgehead atoms. The highest BCUT2D eigenvalue weighted by Gasteiger charge is 2.22. The zero-order valence-corrected chi connectivity index (χ0v) is 14.1. The molecule has 4 rings (SSSR count). The maximum absolute atomic E-state index is 4.88. The van der Waals surface area contributed by atoms with Crippen molar-refractivity contribution in [3.63, 3.8) is 0 Å². The van der Waals surface area contributed by atoms with Crippen LogP contribution in [0.2, 0.25) is 0 Å². The zero-order chi connectivity index (χ0) is 14.9. The number of allylic oxidation sites excluding steroid dienone is 4. The third-order valence-corrected chi connectivity index (χ3v) is 5.09. The number of rotatable bonds is 3. The van der Waals surface area contributed by atoms with Crippen molar-refractivity contribution in [2.75, 3.05) is 5.32 Å². The third-order valence-electron chi connectivity index (χ3n) is 4.62. The number of nitrogens with zero attached hydrogens (tertiary/aromatic N) is 2. The van der Waals surface area contributed by atoms with Crippen LogP contribution in [0.15, 0.2) is 47.1 Å². The van der Waals surface area contributed by atoms with Crippen molar-refractivity contribution in [1.29, 1.82) is 0 Å². The summed E-state index contributed by atoms with van der Waals surface area (Å²) in [4.78, 5) is 4.88. The minimum atomic E-state index is 0.282. The fraction of sp³-hybridized carbons (Fsp3) is 0.389. The lowest BCUT2D eigenvalue weighted by atomic mass is 9.95. The lowest BCUT2D eigenvalue weighted by molar-refractivity contribution is 0.461. The van der Waals surface area contributed by atoms with Crippen LogP contribution >= 0.6 is 15.9 Å². The van der Waals surface area contributed by atoms with Crippen molar-refractivity contribution in [3.8, 4) is 0 Å². The average molecular weight is 358 g/mol. The molecule has 0 unspecified atom stereocenters. The molecule has 2 heterocycles. The molecule has 2 aliphatic rings. The topological polar surface area (TPSA) is 29.3 Å². The molecule has 3 nitrogen and oxygen atoms in total. The summed E-state index contributed by atoms with van der Waals surface area (Å²) < 4.78 is 3.27. The maximum Gasteiger partial charge on any atom is 0.138 e. The normalized spacial score (nSPS) is 19.3. The molecule has 0 spiro atoms. The van der Waals surface area contributed by atoms with E-state index < -0.39 is 0 Å². The van der Waals surface area contributed by atoms with Crippen LogP contribution in [0.25, 0.3) is 5.65 Å². The predicted molar refractivity (Wildman–Crippen MR) is 94.4 cm³/mol. The summed E-state index contributed by atoms with van der Waals surface area (Å²) in [7, 11) is 0. The first-order chi connectivity index (χ1) is 10.8. The van der Waals surface area contributed by atoms with Crippen LogP contribution in [0.5, 0.6) is 0 Å². The minimum Gasteiger partial charge on any atom is -0.367 e. The molecule has 0 saturated heterocycles. The summed E-state index contributed by atoms with van der Waals surface area (Å²) >= 11 is 3.58. The van der Waals surface area contributed by atoms with Crippen molar-refractivity contribution >= 4 is 27.4 Å². The Bertz CT molecular complexity index is 726. The molecule has 0 radical (unpaired) electrons. The summed E-state index contributed by atoms with van der Waals surface area (Å²) in [5.74, 6) is 1.44. The molecule has 2 aliphatic carbocycles. The number of hydrogen-bond acceptors (Lipinski definition) is 2. The SMILES string of the molecule is Brc1ccc2nc(C3C=CC=C3)c(NC3CCCCC3)n2c1. The quantitative estimate of drug-likeness (QED) is 0.832. The van der Waals surface area contributed by atoms with Gasteiger partial charge in [-0.05, 0) is 40.9 Å². The Kier molecular flexibility index (Phi) is 3.78. The number of anilines is 1. The molecule has 114 valence electrons. The van der Waals surface area contributed by atoms with Gasteiger partial charge in [-0.2, -0.15) is 0 Å². The number of fused-ring (bicyclic) bond motifs is 1. The standard InChI is InChI=1S/C18H20BrN3/c19-14-10-11-16-21-17(13-6-4-5-7-13)18(22(16)12-14)20-15-8-2-1-3-9-15/h4-7,10-13,15,20H,1-3,8-9H2. The molecule has 0 aromatic carbocycles. The Hall–Kier alpha value is -1.55. The van der Waals surface area contributed by atoms with E-state index in [0.29, 0.717) is 6.04 Å². The van der Waals surface area contributed by atoms with Gasteiger partial charge < -0.3 is 5.32 Å². The molecule has 2 aromatic heterocycles. The van der Waals surface area contributed by atoms with Crippen LogP contribution in [0, 0.1) is 0 Å². The number of imidazole rings is 1. The molecule has 22 heavy (non-hydrogen) atoms. The Labute approximate surface area is 139 Å². The summed E-state index contributed by atoms with van der Waals surface area (Å²) in [6, 6.07) is 4.69. The van der Waals surface area contributed by atoms with Crippen molar-refractivity contribution in [3.05, 3.63) is 52.8 Å². The summed E-state index contributed by atoms with van der Waals surface area (Å²) in [5.41, 5.74) is 2.14. The number of halogens is 1. The summed E-state index contributed by atoms with van der Waals surface area (Å²) in [5, 5.41) is 3.79. The average Bonchev–Trinajstić information content (AvgIpc) is 3.17. The van der Waals surface area contributed by atoms with E-state index in [9.17, 15) is 0 Å².